The van der Waals surface area contributed by atoms with E-state index >= 15 is 0 Å². The van der Waals surface area contributed by atoms with E-state index in [1.807, 2.05) is 37.3 Å². The van der Waals surface area contributed by atoms with Gasteiger partial charge < -0.3 is 20.1 Å². The molecule has 0 radical (unpaired) electrons. The van der Waals surface area contributed by atoms with E-state index in [2.05, 4.69) is 0 Å². The van der Waals surface area contributed by atoms with Gasteiger partial charge >= 0.3 is 0 Å². The average molecular weight is 254 g/mol. The van der Waals surface area contributed by atoms with E-state index in [1.165, 1.54) is 0 Å². The molecular formula is C14H22O4. The molecule has 102 valence electrons. The zero-order chi connectivity index (χ0) is 13.4. The van der Waals surface area contributed by atoms with Gasteiger partial charge in [-0.1, -0.05) is 25.1 Å². The lowest BCUT2D eigenvalue weighted by Gasteiger charge is -2.34. The van der Waals surface area contributed by atoms with Crippen LogP contribution < -0.4 is 4.74 Å². The van der Waals surface area contributed by atoms with Crippen molar-refractivity contribution in [2.24, 2.45) is 11.3 Å². The highest BCUT2D eigenvalue weighted by Gasteiger charge is 2.34. The molecule has 0 bridgehead atoms. The van der Waals surface area contributed by atoms with Crippen LogP contribution in [-0.4, -0.2) is 41.7 Å². The molecule has 0 saturated carbocycles. The molecule has 0 amide bonds. The zero-order valence-electron chi connectivity index (χ0n) is 10.7. The smallest absolute Gasteiger partial charge is 0.119 e. The molecule has 0 heterocycles. The summed E-state index contributed by atoms with van der Waals surface area (Å²) in [5.74, 6) is 0.772. The molecule has 0 fully saturated rings. The fourth-order valence-corrected chi connectivity index (χ4v) is 1.79. The summed E-state index contributed by atoms with van der Waals surface area (Å²) < 4.78 is 5.56. The van der Waals surface area contributed by atoms with Crippen LogP contribution in [0.5, 0.6) is 5.75 Å². The van der Waals surface area contributed by atoms with Crippen molar-refractivity contribution < 1.29 is 20.1 Å². The predicted octanol–water partition coefficient (Wildman–Crippen LogP) is 1.05. The fraction of sp³-hybridized carbons (Fsp3) is 0.571. The predicted molar refractivity (Wildman–Crippen MR) is 69.4 cm³/mol. The minimum Gasteiger partial charge on any atom is -0.494 e. The first-order chi connectivity index (χ1) is 8.68. The number of ether oxygens (including phenoxy) is 1. The Hall–Kier alpha value is -1.10. The van der Waals surface area contributed by atoms with E-state index in [9.17, 15) is 15.3 Å². The average Bonchev–Trinajstić information content (AvgIpc) is 2.42. The molecule has 1 aromatic rings. The maximum atomic E-state index is 9.30. The summed E-state index contributed by atoms with van der Waals surface area (Å²) >= 11 is 0. The Morgan fingerprint density at radius 1 is 1.06 bits per heavy atom. The molecule has 1 atom stereocenters. The topological polar surface area (TPSA) is 69.9 Å². The molecule has 4 heteroatoms. The van der Waals surface area contributed by atoms with Gasteiger partial charge in [0, 0.05) is 5.41 Å². The molecule has 4 nitrogen and oxygen atoms in total. The number of hydrogen-bond acceptors (Lipinski definition) is 4. The minimum absolute atomic E-state index is 0.0267. The molecular weight excluding hydrogens is 232 g/mol. The van der Waals surface area contributed by atoms with Crippen molar-refractivity contribution in [3.8, 4) is 5.75 Å². The van der Waals surface area contributed by atoms with Gasteiger partial charge in [0.15, 0.2) is 0 Å². The lowest BCUT2D eigenvalue weighted by molar-refractivity contribution is -0.0383. The van der Waals surface area contributed by atoms with Crippen LogP contribution >= 0.6 is 0 Å². The Kier molecular flexibility index (Phi) is 6.12. The van der Waals surface area contributed by atoms with Crippen LogP contribution in [0.4, 0.5) is 0 Å². The zero-order valence-corrected chi connectivity index (χ0v) is 10.7. The van der Waals surface area contributed by atoms with Crippen LogP contribution in [0.3, 0.4) is 0 Å². The Balaban J connectivity index is 2.43. The Morgan fingerprint density at radius 2 is 1.61 bits per heavy atom. The van der Waals surface area contributed by atoms with E-state index in [0.29, 0.717) is 13.0 Å². The van der Waals surface area contributed by atoms with Gasteiger partial charge in [-0.3, -0.25) is 0 Å². The van der Waals surface area contributed by atoms with Gasteiger partial charge in [0.05, 0.1) is 26.4 Å². The van der Waals surface area contributed by atoms with Gasteiger partial charge in [-0.25, -0.2) is 0 Å². The Labute approximate surface area is 108 Å². The summed E-state index contributed by atoms with van der Waals surface area (Å²) in [6.45, 7) is 1.70. The highest BCUT2D eigenvalue weighted by atomic mass is 16.5. The standard InChI is InChI=1S/C14H22O4/c1-12(14(9-15,10-16)11-17)7-8-18-13-5-3-2-4-6-13/h2-6,12,15-17H,7-11H2,1H3. The summed E-state index contributed by atoms with van der Waals surface area (Å²) in [5.41, 5.74) is -0.833. The third-order valence-corrected chi connectivity index (χ3v) is 3.55. The van der Waals surface area contributed by atoms with Gasteiger partial charge in [0.1, 0.15) is 5.75 Å². The van der Waals surface area contributed by atoms with Gasteiger partial charge in [-0.15, -0.1) is 0 Å². The molecule has 1 unspecified atom stereocenters. The van der Waals surface area contributed by atoms with E-state index in [1.54, 1.807) is 0 Å². The van der Waals surface area contributed by atoms with Crippen molar-refractivity contribution in [3.63, 3.8) is 0 Å². The highest BCUT2D eigenvalue weighted by Crippen LogP contribution is 2.29. The lowest BCUT2D eigenvalue weighted by atomic mass is 9.77. The third kappa shape index (κ3) is 3.70. The second kappa shape index (κ2) is 7.36. The number of aliphatic hydroxyl groups excluding tert-OH is 3. The molecule has 0 spiro atoms. The van der Waals surface area contributed by atoms with E-state index < -0.39 is 5.41 Å². The number of benzene rings is 1. The van der Waals surface area contributed by atoms with Crippen molar-refractivity contribution in [1.82, 2.24) is 0 Å². The van der Waals surface area contributed by atoms with E-state index in [-0.39, 0.29) is 25.7 Å². The van der Waals surface area contributed by atoms with Gasteiger partial charge in [-0.2, -0.15) is 0 Å². The van der Waals surface area contributed by atoms with Crippen LogP contribution in [0, 0.1) is 11.3 Å². The van der Waals surface area contributed by atoms with Crippen LogP contribution in [0.25, 0.3) is 0 Å². The largest absolute Gasteiger partial charge is 0.494 e. The number of hydrogen-bond donors (Lipinski definition) is 3. The Bertz CT molecular complexity index is 314. The first-order valence-corrected chi connectivity index (χ1v) is 6.19. The first kappa shape index (κ1) is 15.0. The number of para-hydroxylation sites is 1. The SMILES string of the molecule is CC(CCOc1ccccc1)C(CO)(CO)CO. The molecule has 1 rings (SSSR count). The summed E-state index contributed by atoms with van der Waals surface area (Å²) in [6.07, 6.45) is 0.663. The number of aliphatic hydroxyl groups is 3. The normalized spacial score (nSPS) is 13.3. The maximum Gasteiger partial charge on any atom is 0.119 e. The number of rotatable bonds is 8. The second-order valence-corrected chi connectivity index (χ2v) is 4.69. The Morgan fingerprint density at radius 3 is 2.11 bits per heavy atom. The van der Waals surface area contributed by atoms with Crippen LogP contribution in [0.2, 0.25) is 0 Å². The van der Waals surface area contributed by atoms with Gasteiger partial charge in [0.25, 0.3) is 0 Å². The summed E-state index contributed by atoms with van der Waals surface area (Å²) in [4.78, 5) is 0. The van der Waals surface area contributed by atoms with Crippen molar-refractivity contribution >= 4 is 0 Å². The summed E-state index contributed by atoms with van der Waals surface area (Å²) in [6, 6.07) is 9.48. The molecule has 0 aliphatic carbocycles. The molecule has 0 aliphatic heterocycles. The van der Waals surface area contributed by atoms with Gasteiger partial charge in [0.2, 0.25) is 0 Å². The molecule has 3 N–H and O–H groups in total. The van der Waals surface area contributed by atoms with Crippen molar-refractivity contribution in [2.75, 3.05) is 26.4 Å². The molecule has 18 heavy (non-hydrogen) atoms. The summed E-state index contributed by atoms with van der Waals surface area (Å²) in [7, 11) is 0. The second-order valence-electron chi connectivity index (χ2n) is 4.69. The minimum atomic E-state index is -0.833. The van der Waals surface area contributed by atoms with Crippen LogP contribution in [0.15, 0.2) is 30.3 Å². The monoisotopic (exact) mass is 254 g/mol. The van der Waals surface area contributed by atoms with E-state index in [4.69, 9.17) is 4.74 Å². The van der Waals surface area contributed by atoms with Crippen molar-refractivity contribution in [3.05, 3.63) is 30.3 Å². The molecule has 0 saturated heterocycles. The third-order valence-electron chi connectivity index (χ3n) is 3.55. The lowest BCUT2D eigenvalue weighted by Crippen LogP contribution is -2.40. The van der Waals surface area contributed by atoms with Gasteiger partial charge in [-0.05, 0) is 24.5 Å². The van der Waals surface area contributed by atoms with Crippen molar-refractivity contribution in [1.29, 1.82) is 0 Å². The van der Waals surface area contributed by atoms with Crippen LogP contribution in [0.1, 0.15) is 13.3 Å². The van der Waals surface area contributed by atoms with E-state index in [0.717, 1.165) is 5.75 Å². The molecule has 0 aromatic heterocycles. The van der Waals surface area contributed by atoms with Crippen LogP contribution in [-0.2, 0) is 0 Å². The quantitative estimate of drug-likeness (QED) is 0.648. The summed E-state index contributed by atoms with van der Waals surface area (Å²) in [5, 5.41) is 27.9. The first-order valence-electron chi connectivity index (χ1n) is 6.19. The highest BCUT2D eigenvalue weighted by molar-refractivity contribution is 5.20. The molecule has 1 aromatic carbocycles. The molecule has 0 aliphatic rings. The fourth-order valence-electron chi connectivity index (χ4n) is 1.79. The van der Waals surface area contributed by atoms with Crippen molar-refractivity contribution in [2.45, 2.75) is 13.3 Å². The maximum absolute atomic E-state index is 9.30.